The first kappa shape index (κ1) is 13.0. The van der Waals surface area contributed by atoms with E-state index in [4.69, 9.17) is 4.52 Å². The summed E-state index contributed by atoms with van der Waals surface area (Å²) in [4.78, 5) is 14.7. The van der Waals surface area contributed by atoms with Crippen molar-refractivity contribution in [1.29, 1.82) is 0 Å². The first-order valence-electron chi connectivity index (χ1n) is 6.29. The van der Waals surface area contributed by atoms with E-state index in [1.54, 1.807) is 19.1 Å². The Kier molecular flexibility index (Phi) is 3.19. The van der Waals surface area contributed by atoms with Gasteiger partial charge in [0.25, 0.3) is 11.6 Å². The summed E-state index contributed by atoms with van der Waals surface area (Å²) >= 11 is 0. The van der Waals surface area contributed by atoms with E-state index < -0.39 is 4.92 Å². The van der Waals surface area contributed by atoms with Crippen LogP contribution in [-0.4, -0.2) is 15.1 Å². The minimum Gasteiger partial charge on any atom is -0.334 e. The monoisotopic (exact) mass is 281 g/mol. The van der Waals surface area contributed by atoms with Gasteiger partial charge in [-0.3, -0.25) is 10.1 Å². The van der Waals surface area contributed by atoms with E-state index in [-0.39, 0.29) is 5.69 Å². The Morgan fingerprint density at radius 3 is 2.52 bits per heavy atom. The van der Waals surface area contributed by atoms with Crippen molar-refractivity contribution in [3.05, 3.63) is 64.2 Å². The molecule has 1 heterocycles. The normalized spacial score (nSPS) is 10.5. The Morgan fingerprint density at radius 1 is 1.10 bits per heavy atom. The fourth-order valence-corrected chi connectivity index (χ4v) is 2.04. The fourth-order valence-electron chi connectivity index (χ4n) is 2.04. The van der Waals surface area contributed by atoms with E-state index in [0.717, 1.165) is 5.56 Å². The molecule has 3 rings (SSSR count). The van der Waals surface area contributed by atoms with Crippen LogP contribution >= 0.6 is 0 Å². The van der Waals surface area contributed by atoms with Crippen LogP contribution in [0.5, 0.6) is 0 Å². The van der Waals surface area contributed by atoms with E-state index in [9.17, 15) is 10.1 Å². The Hall–Kier alpha value is -3.02. The molecule has 0 aliphatic carbocycles. The van der Waals surface area contributed by atoms with Gasteiger partial charge in [0.2, 0.25) is 5.82 Å². The van der Waals surface area contributed by atoms with E-state index in [1.807, 2.05) is 30.3 Å². The molecule has 3 aromatic rings. The van der Waals surface area contributed by atoms with Crippen LogP contribution in [0.2, 0.25) is 0 Å². The van der Waals surface area contributed by atoms with Crippen LogP contribution in [-0.2, 0) is 0 Å². The largest absolute Gasteiger partial charge is 0.334 e. The lowest BCUT2D eigenvalue weighted by molar-refractivity contribution is -0.385. The van der Waals surface area contributed by atoms with Crippen molar-refractivity contribution in [1.82, 2.24) is 10.1 Å². The SMILES string of the molecule is Cc1cc(-c2nc(-c3ccccc3)no2)ccc1[N+](=O)[O-]. The predicted octanol–water partition coefficient (Wildman–Crippen LogP) is 3.62. The third kappa shape index (κ3) is 2.51. The van der Waals surface area contributed by atoms with Crippen molar-refractivity contribution >= 4 is 5.69 Å². The molecular weight excluding hydrogens is 270 g/mol. The van der Waals surface area contributed by atoms with Crippen molar-refractivity contribution < 1.29 is 9.45 Å². The highest BCUT2D eigenvalue weighted by atomic mass is 16.6. The zero-order chi connectivity index (χ0) is 14.8. The van der Waals surface area contributed by atoms with Crippen LogP contribution in [0.15, 0.2) is 53.1 Å². The summed E-state index contributed by atoms with van der Waals surface area (Å²) in [5, 5.41) is 14.7. The maximum atomic E-state index is 10.8. The van der Waals surface area contributed by atoms with Gasteiger partial charge in [-0.05, 0) is 19.1 Å². The molecule has 2 aromatic carbocycles. The lowest BCUT2D eigenvalue weighted by Gasteiger charge is -1.98. The van der Waals surface area contributed by atoms with Crippen molar-refractivity contribution in [3.8, 4) is 22.8 Å². The minimum absolute atomic E-state index is 0.0709. The summed E-state index contributed by atoms with van der Waals surface area (Å²) in [6, 6.07) is 14.2. The Morgan fingerprint density at radius 2 is 1.86 bits per heavy atom. The molecule has 104 valence electrons. The van der Waals surface area contributed by atoms with E-state index in [2.05, 4.69) is 10.1 Å². The molecule has 0 unspecified atom stereocenters. The zero-order valence-corrected chi connectivity index (χ0v) is 11.2. The maximum Gasteiger partial charge on any atom is 0.272 e. The smallest absolute Gasteiger partial charge is 0.272 e. The van der Waals surface area contributed by atoms with Gasteiger partial charge in [-0.1, -0.05) is 35.5 Å². The number of aromatic nitrogens is 2. The van der Waals surface area contributed by atoms with Gasteiger partial charge >= 0.3 is 0 Å². The number of rotatable bonds is 3. The molecule has 0 fully saturated rings. The molecule has 6 nitrogen and oxygen atoms in total. The molecule has 21 heavy (non-hydrogen) atoms. The third-order valence-electron chi connectivity index (χ3n) is 3.10. The number of nitro benzene ring substituents is 1. The number of nitrogens with zero attached hydrogens (tertiary/aromatic N) is 3. The summed E-state index contributed by atoms with van der Waals surface area (Å²) in [6.45, 7) is 1.68. The summed E-state index contributed by atoms with van der Waals surface area (Å²) in [5.74, 6) is 0.827. The number of hydrogen-bond donors (Lipinski definition) is 0. The third-order valence-corrected chi connectivity index (χ3v) is 3.10. The Labute approximate surface area is 120 Å². The van der Waals surface area contributed by atoms with Gasteiger partial charge < -0.3 is 4.52 Å². The van der Waals surface area contributed by atoms with E-state index in [1.165, 1.54) is 6.07 Å². The zero-order valence-electron chi connectivity index (χ0n) is 11.2. The molecule has 0 radical (unpaired) electrons. The van der Waals surface area contributed by atoms with Gasteiger partial charge in [-0.25, -0.2) is 0 Å². The minimum atomic E-state index is -0.414. The first-order valence-corrected chi connectivity index (χ1v) is 6.29. The molecule has 0 bridgehead atoms. The van der Waals surface area contributed by atoms with Crippen LogP contribution in [0, 0.1) is 17.0 Å². The quantitative estimate of drug-likeness (QED) is 0.541. The van der Waals surface area contributed by atoms with Crippen molar-refractivity contribution in [2.75, 3.05) is 0 Å². The average molecular weight is 281 g/mol. The number of hydrogen-bond acceptors (Lipinski definition) is 5. The Balaban J connectivity index is 1.97. The maximum absolute atomic E-state index is 10.8. The first-order chi connectivity index (χ1) is 10.1. The van der Waals surface area contributed by atoms with E-state index >= 15 is 0 Å². The lowest BCUT2D eigenvalue weighted by Crippen LogP contribution is -1.91. The molecule has 0 spiro atoms. The number of benzene rings is 2. The van der Waals surface area contributed by atoms with Gasteiger partial charge in [0.05, 0.1) is 4.92 Å². The highest BCUT2D eigenvalue weighted by Gasteiger charge is 2.15. The standard InChI is InChI=1S/C15H11N3O3/c1-10-9-12(7-8-13(10)18(19)20)15-16-14(17-21-15)11-5-3-2-4-6-11/h2-9H,1H3. The van der Waals surface area contributed by atoms with E-state index in [0.29, 0.717) is 22.8 Å². The highest BCUT2D eigenvalue weighted by Crippen LogP contribution is 2.26. The topological polar surface area (TPSA) is 82.1 Å². The molecule has 0 aliphatic rings. The van der Waals surface area contributed by atoms with Crippen LogP contribution in [0.3, 0.4) is 0 Å². The van der Waals surface area contributed by atoms with Crippen molar-refractivity contribution in [2.45, 2.75) is 6.92 Å². The predicted molar refractivity (Wildman–Crippen MR) is 76.6 cm³/mol. The van der Waals surface area contributed by atoms with Gasteiger partial charge in [-0.2, -0.15) is 4.98 Å². The molecule has 6 heteroatoms. The summed E-state index contributed by atoms with van der Waals surface area (Å²) < 4.78 is 5.23. The van der Waals surface area contributed by atoms with Gasteiger partial charge in [0.15, 0.2) is 0 Å². The van der Waals surface area contributed by atoms with Crippen LogP contribution < -0.4 is 0 Å². The van der Waals surface area contributed by atoms with Crippen molar-refractivity contribution in [2.24, 2.45) is 0 Å². The Bertz CT molecular complexity index is 797. The number of aryl methyl sites for hydroxylation is 1. The molecule has 0 amide bonds. The van der Waals surface area contributed by atoms with Crippen LogP contribution in [0.25, 0.3) is 22.8 Å². The molecular formula is C15H11N3O3. The van der Waals surface area contributed by atoms with Gasteiger partial charge in [-0.15, -0.1) is 0 Å². The second-order valence-electron chi connectivity index (χ2n) is 4.55. The molecule has 1 aromatic heterocycles. The molecule has 0 saturated heterocycles. The second-order valence-corrected chi connectivity index (χ2v) is 4.55. The average Bonchev–Trinajstić information content (AvgIpc) is 2.97. The summed E-state index contributed by atoms with van der Waals surface area (Å²) in [7, 11) is 0. The van der Waals surface area contributed by atoms with Gasteiger partial charge in [0.1, 0.15) is 0 Å². The molecule has 0 saturated carbocycles. The van der Waals surface area contributed by atoms with Crippen LogP contribution in [0.1, 0.15) is 5.56 Å². The second kappa shape index (κ2) is 5.16. The lowest BCUT2D eigenvalue weighted by atomic mass is 10.1. The van der Waals surface area contributed by atoms with Gasteiger partial charge in [0, 0.05) is 22.8 Å². The number of nitro groups is 1. The molecule has 0 N–H and O–H groups in total. The summed E-state index contributed by atoms with van der Waals surface area (Å²) in [5.41, 5.74) is 2.14. The van der Waals surface area contributed by atoms with Crippen LogP contribution in [0.4, 0.5) is 5.69 Å². The summed E-state index contributed by atoms with van der Waals surface area (Å²) in [6.07, 6.45) is 0. The highest BCUT2D eigenvalue weighted by molar-refractivity contribution is 5.62. The molecule has 0 atom stereocenters. The van der Waals surface area contributed by atoms with Crippen molar-refractivity contribution in [3.63, 3.8) is 0 Å². The molecule has 0 aliphatic heterocycles. The fraction of sp³-hybridized carbons (Fsp3) is 0.0667.